The number of halogens is 1. The molecule has 0 aliphatic rings. The van der Waals surface area contributed by atoms with Crippen LogP contribution >= 0.6 is 0 Å². The molecule has 22 heavy (non-hydrogen) atoms. The van der Waals surface area contributed by atoms with E-state index in [-0.39, 0.29) is 17.3 Å². The molecule has 0 unspecified atom stereocenters. The molecule has 0 saturated carbocycles. The summed E-state index contributed by atoms with van der Waals surface area (Å²) < 4.78 is 41.8. The number of anilines is 1. The van der Waals surface area contributed by atoms with Crippen LogP contribution in [0.2, 0.25) is 0 Å². The molecule has 4 nitrogen and oxygen atoms in total. The van der Waals surface area contributed by atoms with Crippen LogP contribution in [0.3, 0.4) is 0 Å². The summed E-state index contributed by atoms with van der Waals surface area (Å²) in [4.78, 5) is 0.260. The number of sulfone groups is 1. The number of aryl methyl sites for hydroxylation is 1. The van der Waals surface area contributed by atoms with Gasteiger partial charge in [0.15, 0.2) is 21.4 Å². The molecule has 0 saturated heterocycles. The van der Waals surface area contributed by atoms with Crippen molar-refractivity contribution >= 4 is 15.5 Å². The first-order valence-corrected chi connectivity index (χ1v) is 8.69. The summed E-state index contributed by atoms with van der Waals surface area (Å²) in [5, 5.41) is 3.10. The zero-order valence-corrected chi connectivity index (χ0v) is 13.3. The second-order valence-corrected chi connectivity index (χ2v) is 6.97. The zero-order valence-electron chi connectivity index (χ0n) is 12.5. The van der Waals surface area contributed by atoms with Gasteiger partial charge in [-0.3, -0.25) is 0 Å². The number of para-hydroxylation sites is 1. The van der Waals surface area contributed by atoms with Crippen molar-refractivity contribution in [3.05, 3.63) is 53.8 Å². The van der Waals surface area contributed by atoms with E-state index in [2.05, 4.69) is 5.32 Å². The molecule has 2 aromatic carbocycles. The van der Waals surface area contributed by atoms with E-state index in [1.807, 2.05) is 6.92 Å². The predicted molar refractivity (Wildman–Crippen MR) is 84.7 cm³/mol. The van der Waals surface area contributed by atoms with Gasteiger partial charge in [-0.05, 0) is 36.8 Å². The largest absolute Gasteiger partial charge is 0.489 e. The summed E-state index contributed by atoms with van der Waals surface area (Å²) in [6, 6.07) is 11.1. The lowest BCUT2D eigenvalue weighted by Crippen LogP contribution is -2.13. The minimum absolute atomic E-state index is 0.200. The summed E-state index contributed by atoms with van der Waals surface area (Å²) in [6.45, 7) is 2.58. The van der Waals surface area contributed by atoms with Crippen molar-refractivity contribution in [2.75, 3.05) is 24.7 Å². The molecular weight excluding hydrogens is 305 g/mol. The molecule has 2 rings (SSSR count). The van der Waals surface area contributed by atoms with Crippen molar-refractivity contribution < 1.29 is 17.5 Å². The fourth-order valence-electron chi connectivity index (χ4n) is 1.93. The molecule has 0 aliphatic carbocycles. The quantitative estimate of drug-likeness (QED) is 0.830. The fraction of sp³-hybridized carbons (Fsp3) is 0.250. The van der Waals surface area contributed by atoms with Gasteiger partial charge in [0, 0.05) is 18.5 Å². The first-order chi connectivity index (χ1) is 10.4. The number of hydrogen-bond donors (Lipinski definition) is 1. The van der Waals surface area contributed by atoms with E-state index in [9.17, 15) is 12.8 Å². The Morgan fingerprint density at radius 2 is 1.91 bits per heavy atom. The smallest absolute Gasteiger partial charge is 0.175 e. The maximum atomic E-state index is 13.4. The highest BCUT2D eigenvalue weighted by Gasteiger charge is 2.09. The van der Waals surface area contributed by atoms with Crippen LogP contribution in [0.5, 0.6) is 5.75 Å². The molecule has 0 atom stereocenters. The first kappa shape index (κ1) is 16.3. The van der Waals surface area contributed by atoms with Crippen LogP contribution in [0.1, 0.15) is 5.56 Å². The second-order valence-electron chi connectivity index (χ2n) is 4.95. The van der Waals surface area contributed by atoms with Gasteiger partial charge in [-0.15, -0.1) is 0 Å². The Morgan fingerprint density at radius 3 is 2.59 bits per heavy atom. The van der Waals surface area contributed by atoms with E-state index < -0.39 is 15.7 Å². The van der Waals surface area contributed by atoms with E-state index in [1.165, 1.54) is 12.3 Å². The number of benzene rings is 2. The SMILES string of the molecule is Cc1ccc(S(C)(=O)=O)cc1NCCOc1ccccc1F. The summed E-state index contributed by atoms with van der Waals surface area (Å²) in [7, 11) is -3.24. The summed E-state index contributed by atoms with van der Waals surface area (Å²) in [6.07, 6.45) is 1.17. The van der Waals surface area contributed by atoms with Gasteiger partial charge in [-0.1, -0.05) is 18.2 Å². The summed E-state index contributed by atoms with van der Waals surface area (Å²) >= 11 is 0. The Morgan fingerprint density at radius 1 is 1.18 bits per heavy atom. The van der Waals surface area contributed by atoms with E-state index in [0.29, 0.717) is 6.54 Å². The molecule has 0 bridgehead atoms. The highest BCUT2D eigenvalue weighted by atomic mass is 32.2. The zero-order chi connectivity index (χ0) is 16.2. The molecule has 0 aliphatic heterocycles. The standard InChI is InChI=1S/C16H18FNO3S/c1-12-7-8-13(22(2,19)20)11-15(12)18-9-10-21-16-6-4-3-5-14(16)17/h3-8,11,18H,9-10H2,1-2H3. The van der Waals surface area contributed by atoms with Crippen molar-refractivity contribution in [2.45, 2.75) is 11.8 Å². The Kier molecular flexibility index (Phi) is 5.03. The minimum Gasteiger partial charge on any atom is -0.489 e. The van der Waals surface area contributed by atoms with Crippen LogP contribution in [-0.2, 0) is 9.84 Å². The third-order valence-electron chi connectivity index (χ3n) is 3.15. The molecule has 0 heterocycles. The number of rotatable bonds is 6. The lowest BCUT2D eigenvalue weighted by Gasteiger charge is -2.12. The van der Waals surface area contributed by atoms with Crippen molar-refractivity contribution in [3.8, 4) is 5.75 Å². The predicted octanol–water partition coefficient (Wildman–Crippen LogP) is 3.03. The molecule has 1 N–H and O–H groups in total. The Hall–Kier alpha value is -2.08. The average molecular weight is 323 g/mol. The summed E-state index contributed by atoms with van der Waals surface area (Å²) in [5.41, 5.74) is 1.65. The van der Waals surface area contributed by atoms with E-state index in [0.717, 1.165) is 11.3 Å². The van der Waals surface area contributed by atoms with Crippen molar-refractivity contribution in [1.82, 2.24) is 0 Å². The highest BCUT2D eigenvalue weighted by Crippen LogP contribution is 2.20. The number of nitrogens with one attached hydrogen (secondary N) is 1. The molecule has 6 heteroatoms. The van der Waals surface area contributed by atoms with Gasteiger partial charge in [-0.2, -0.15) is 0 Å². The third-order valence-corrected chi connectivity index (χ3v) is 4.26. The molecule has 0 aromatic heterocycles. The number of ether oxygens (including phenoxy) is 1. The fourth-order valence-corrected chi connectivity index (χ4v) is 2.58. The molecule has 0 radical (unpaired) electrons. The van der Waals surface area contributed by atoms with Gasteiger partial charge in [0.05, 0.1) is 4.90 Å². The normalized spacial score (nSPS) is 11.2. The van der Waals surface area contributed by atoms with Gasteiger partial charge in [-0.25, -0.2) is 12.8 Å². The first-order valence-electron chi connectivity index (χ1n) is 6.80. The number of hydrogen-bond acceptors (Lipinski definition) is 4. The van der Waals surface area contributed by atoms with Gasteiger partial charge >= 0.3 is 0 Å². The second kappa shape index (κ2) is 6.79. The third kappa shape index (κ3) is 4.21. The Bertz CT molecular complexity index is 760. The molecule has 0 spiro atoms. The maximum Gasteiger partial charge on any atom is 0.175 e. The van der Waals surface area contributed by atoms with Crippen molar-refractivity contribution in [2.24, 2.45) is 0 Å². The molecule has 0 amide bonds. The van der Waals surface area contributed by atoms with Crippen molar-refractivity contribution in [3.63, 3.8) is 0 Å². The van der Waals surface area contributed by atoms with Gasteiger partial charge in [0.1, 0.15) is 6.61 Å². The van der Waals surface area contributed by atoms with Gasteiger partial charge < -0.3 is 10.1 Å². The average Bonchev–Trinajstić information content (AvgIpc) is 2.45. The van der Waals surface area contributed by atoms with Crippen LogP contribution in [0.15, 0.2) is 47.4 Å². The minimum atomic E-state index is -3.24. The van der Waals surface area contributed by atoms with Crippen LogP contribution in [-0.4, -0.2) is 27.8 Å². The van der Waals surface area contributed by atoms with E-state index in [4.69, 9.17) is 4.74 Å². The monoisotopic (exact) mass is 323 g/mol. The lowest BCUT2D eigenvalue weighted by molar-refractivity contribution is 0.315. The Labute approximate surface area is 129 Å². The van der Waals surface area contributed by atoms with Gasteiger partial charge in [0.25, 0.3) is 0 Å². The maximum absolute atomic E-state index is 13.4. The lowest BCUT2D eigenvalue weighted by atomic mass is 10.2. The summed E-state index contributed by atoms with van der Waals surface area (Å²) in [5.74, 6) is -0.205. The van der Waals surface area contributed by atoms with Gasteiger partial charge in [0.2, 0.25) is 0 Å². The van der Waals surface area contributed by atoms with Crippen LogP contribution in [0.4, 0.5) is 10.1 Å². The Balaban J connectivity index is 1.96. The van der Waals surface area contributed by atoms with E-state index in [1.54, 1.807) is 36.4 Å². The molecule has 2 aromatic rings. The molecule has 118 valence electrons. The molecule has 0 fully saturated rings. The molecular formula is C16H18FNO3S. The van der Waals surface area contributed by atoms with Crippen LogP contribution in [0, 0.1) is 12.7 Å². The van der Waals surface area contributed by atoms with Crippen LogP contribution in [0.25, 0.3) is 0 Å². The van der Waals surface area contributed by atoms with Crippen molar-refractivity contribution in [1.29, 1.82) is 0 Å². The van der Waals surface area contributed by atoms with E-state index >= 15 is 0 Å². The highest BCUT2D eigenvalue weighted by molar-refractivity contribution is 7.90. The topological polar surface area (TPSA) is 55.4 Å². The van der Waals surface area contributed by atoms with Crippen LogP contribution < -0.4 is 10.1 Å².